The maximum absolute atomic E-state index is 8.74. The van der Waals surface area contributed by atoms with Crippen LogP contribution in [0.15, 0.2) is 11.4 Å². The molecule has 1 N–H and O–H groups in total. The van der Waals surface area contributed by atoms with Crippen LogP contribution in [-0.2, 0) is 6.54 Å². The van der Waals surface area contributed by atoms with E-state index in [0.717, 1.165) is 12.1 Å². The Morgan fingerprint density at radius 1 is 1.53 bits per heavy atom. The molecule has 1 aromatic rings. The Kier molecular flexibility index (Phi) is 4.61. The van der Waals surface area contributed by atoms with Crippen molar-refractivity contribution >= 4 is 11.3 Å². The number of rotatable bonds is 2. The summed E-state index contributed by atoms with van der Waals surface area (Å²) in [6.07, 6.45) is 3.98. The number of aliphatic hydroxyl groups excluding tert-OH is 1. The normalized spacial score (nSPS) is 20.9. The van der Waals surface area contributed by atoms with Gasteiger partial charge in [0.15, 0.2) is 0 Å². The summed E-state index contributed by atoms with van der Waals surface area (Å²) in [5.41, 5.74) is 1.09. The Morgan fingerprint density at radius 2 is 2.41 bits per heavy atom. The summed E-state index contributed by atoms with van der Waals surface area (Å²) in [4.78, 5) is 3.87. The standard InChI is InChI=1S/C14H19NOS/c1-12-5-2-3-8-15(12)11-14-13(6-4-9-16)7-10-17-14/h7,10,12,16H,2-3,5,8-9,11H2,1H3. The van der Waals surface area contributed by atoms with E-state index in [-0.39, 0.29) is 6.61 Å². The molecule has 92 valence electrons. The molecule has 0 bridgehead atoms. The molecule has 1 aliphatic rings. The maximum atomic E-state index is 8.74. The molecule has 1 atom stereocenters. The fraction of sp³-hybridized carbons (Fsp3) is 0.571. The average Bonchev–Trinajstić information content (AvgIpc) is 2.77. The Morgan fingerprint density at radius 3 is 3.18 bits per heavy atom. The lowest BCUT2D eigenvalue weighted by Gasteiger charge is -2.33. The molecule has 0 saturated carbocycles. The summed E-state index contributed by atoms with van der Waals surface area (Å²) in [5.74, 6) is 5.76. The van der Waals surface area contributed by atoms with Gasteiger partial charge >= 0.3 is 0 Å². The second kappa shape index (κ2) is 6.20. The quantitative estimate of drug-likeness (QED) is 0.814. The van der Waals surface area contributed by atoms with Gasteiger partial charge in [-0.1, -0.05) is 18.3 Å². The predicted molar refractivity (Wildman–Crippen MR) is 72.0 cm³/mol. The Bertz CT molecular complexity index is 415. The molecule has 1 aromatic heterocycles. The first kappa shape index (κ1) is 12.6. The van der Waals surface area contributed by atoms with Crippen LogP contribution in [0.3, 0.4) is 0 Å². The van der Waals surface area contributed by atoms with E-state index in [0.29, 0.717) is 6.04 Å². The van der Waals surface area contributed by atoms with Crippen LogP contribution < -0.4 is 0 Å². The highest BCUT2D eigenvalue weighted by atomic mass is 32.1. The van der Waals surface area contributed by atoms with Crippen molar-refractivity contribution < 1.29 is 5.11 Å². The SMILES string of the molecule is CC1CCCCN1Cc1sccc1C#CCO. The van der Waals surface area contributed by atoms with E-state index in [9.17, 15) is 0 Å². The van der Waals surface area contributed by atoms with E-state index in [1.165, 1.54) is 30.7 Å². The molecular weight excluding hydrogens is 230 g/mol. The zero-order valence-electron chi connectivity index (χ0n) is 10.3. The summed E-state index contributed by atoms with van der Waals surface area (Å²) in [6.45, 7) is 4.46. The fourth-order valence-corrected chi connectivity index (χ4v) is 3.14. The second-order valence-electron chi connectivity index (χ2n) is 4.53. The number of hydrogen-bond acceptors (Lipinski definition) is 3. The number of hydrogen-bond donors (Lipinski definition) is 1. The number of thiophene rings is 1. The predicted octanol–water partition coefficient (Wildman–Crippen LogP) is 2.47. The third-order valence-electron chi connectivity index (χ3n) is 3.33. The third-order valence-corrected chi connectivity index (χ3v) is 4.24. The van der Waals surface area contributed by atoms with Crippen molar-refractivity contribution in [1.82, 2.24) is 4.90 Å². The molecule has 0 spiro atoms. The van der Waals surface area contributed by atoms with Gasteiger partial charge in [-0.2, -0.15) is 0 Å². The Balaban J connectivity index is 2.05. The summed E-state index contributed by atoms with van der Waals surface area (Å²) >= 11 is 1.77. The van der Waals surface area contributed by atoms with Crippen LogP contribution in [0, 0.1) is 11.8 Å². The molecular formula is C14H19NOS. The highest BCUT2D eigenvalue weighted by Crippen LogP contribution is 2.23. The van der Waals surface area contributed by atoms with Gasteiger partial charge in [0.05, 0.1) is 0 Å². The second-order valence-corrected chi connectivity index (χ2v) is 5.53. The molecule has 17 heavy (non-hydrogen) atoms. The lowest BCUT2D eigenvalue weighted by Crippen LogP contribution is -2.36. The largest absolute Gasteiger partial charge is 0.384 e. The van der Waals surface area contributed by atoms with E-state index in [2.05, 4.69) is 35.1 Å². The zero-order chi connectivity index (χ0) is 12.1. The average molecular weight is 249 g/mol. The lowest BCUT2D eigenvalue weighted by molar-refractivity contribution is 0.154. The first-order valence-electron chi connectivity index (χ1n) is 6.21. The molecule has 3 heteroatoms. The van der Waals surface area contributed by atoms with Gasteiger partial charge < -0.3 is 5.11 Å². The van der Waals surface area contributed by atoms with E-state index in [4.69, 9.17) is 5.11 Å². The minimum atomic E-state index is -0.0601. The van der Waals surface area contributed by atoms with E-state index >= 15 is 0 Å². The number of likely N-dealkylation sites (tertiary alicyclic amines) is 1. The maximum Gasteiger partial charge on any atom is 0.104 e. The Hall–Kier alpha value is -0.820. The van der Waals surface area contributed by atoms with Gasteiger partial charge in [-0.15, -0.1) is 11.3 Å². The highest BCUT2D eigenvalue weighted by molar-refractivity contribution is 7.10. The van der Waals surface area contributed by atoms with Crippen LogP contribution in [0.1, 0.15) is 36.6 Å². The number of piperidine rings is 1. The van der Waals surface area contributed by atoms with E-state index in [1.54, 1.807) is 11.3 Å². The van der Waals surface area contributed by atoms with Crippen molar-refractivity contribution in [2.24, 2.45) is 0 Å². The number of nitrogens with zero attached hydrogens (tertiary/aromatic N) is 1. The minimum Gasteiger partial charge on any atom is -0.384 e. The van der Waals surface area contributed by atoms with Crippen molar-refractivity contribution in [2.45, 2.75) is 38.8 Å². The lowest BCUT2D eigenvalue weighted by atomic mass is 10.0. The van der Waals surface area contributed by atoms with Crippen LogP contribution in [0.5, 0.6) is 0 Å². The van der Waals surface area contributed by atoms with E-state index < -0.39 is 0 Å². The molecule has 0 aliphatic carbocycles. The van der Waals surface area contributed by atoms with Gasteiger partial charge in [0.1, 0.15) is 6.61 Å². The smallest absolute Gasteiger partial charge is 0.104 e. The van der Waals surface area contributed by atoms with Crippen molar-refractivity contribution in [1.29, 1.82) is 0 Å². The monoisotopic (exact) mass is 249 g/mol. The molecule has 1 aliphatic heterocycles. The summed E-state index contributed by atoms with van der Waals surface area (Å²) < 4.78 is 0. The van der Waals surface area contributed by atoms with Crippen molar-refractivity contribution in [3.05, 3.63) is 21.9 Å². The van der Waals surface area contributed by atoms with Crippen LogP contribution in [0.4, 0.5) is 0 Å². The van der Waals surface area contributed by atoms with Crippen molar-refractivity contribution in [3.8, 4) is 11.8 Å². The third kappa shape index (κ3) is 3.32. The van der Waals surface area contributed by atoms with Gasteiger partial charge in [-0.05, 0) is 37.8 Å². The van der Waals surface area contributed by atoms with Gasteiger partial charge in [-0.3, -0.25) is 4.90 Å². The van der Waals surface area contributed by atoms with Gasteiger partial charge in [-0.25, -0.2) is 0 Å². The van der Waals surface area contributed by atoms with Crippen molar-refractivity contribution in [3.63, 3.8) is 0 Å². The molecule has 0 aromatic carbocycles. The molecule has 1 fully saturated rings. The molecule has 0 radical (unpaired) electrons. The zero-order valence-corrected chi connectivity index (χ0v) is 11.1. The van der Waals surface area contributed by atoms with Crippen LogP contribution >= 0.6 is 11.3 Å². The highest BCUT2D eigenvalue weighted by Gasteiger charge is 2.19. The Labute approximate surface area is 107 Å². The molecule has 2 heterocycles. The molecule has 2 nitrogen and oxygen atoms in total. The van der Waals surface area contributed by atoms with Gasteiger partial charge in [0.25, 0.3) is 0 Å². The van der Waals surface area contributed by atoms with Crippen LogP contribution in [0.2, 0.25) is 0 Å². The minimum absolute atomic E-state index is 0.0601. The number of aliphatic hydroxyl groups is 1. The van der Waals surface area contributed by atoms with Crippen LogP contribution in [-0.4, -0.2) is 29.2 Å². The summed E-state index contributed by atoms with van der Waals surface area (Å²) in [6, 6.07) is 2.74. The summed E-state index contributed by atoms with van der Waals surface area (Å²) in [7, 11) is 0. The van der Waals surface area contributed by atoms with E-state index in [1.807, 2.05) is 0 Å². The van der Waals surface area contributed by atoms with Gasteiger partial charge in [0.2, 0.25) is 0 Å². The topological polar surface area (TPSA) is 23.5 Å². The molecule has 2 rings (SSSR count). The fourth-order valence-electron chi connectivity index (χ4n) is 2.29. The molecule has 0 amide bonds. The van der Waals surface area contributed by atoms with Crippen molar-refractivity contribution in [2.75, 3.05) is 13.2 Å². The molecule has 1 saturated heterocycles. The first-order valence-corrected chi connectivity index (χ1v) is 7.09. The first-order chi connectivity index (χ1) is 8.31. The van der Waals surface area contributed by atoms with Crippen LogP contribution in [0.25, 0.3) is 0 Å². The summed E-state index contributed by atoms with van der Waals surface area (Å²) in [5, 5.41) is 10.8. The molecule has 1 unspecified atom stereocenters. The van der Waals surface area contributed by atoms with Gasteiger partial charge in [0, 0.05) is 23.0 Å².